The molecule has 1 aliphatic rings. The predicted octanol–water partition coefficient (Wildman–Crippen LogP) is 1.65. The van der Waals surface area contributed by atoms with Crippen molar-refractivity contribution in [3.05, 3.63) is 27.9 Å². The monoisotopic (exact) mass is 350 g/mol. The Hall–Kier alpha value is -2.46. The van der Waals surface area contributed by atoms with E-state index in [0.717, 1.165) is 0 Å². The number of ether oxygens (including phenoxy) is 2. The summed E-state index contributed by atoms with van der Waals surface area (Å²) in [6.07, 6.45) is 6.68. The van der Waals surface area contributed by atoms with Gasteiger partial charge in [-0.15, -0.1) is 6.42 Å². The maximum Gasteiger partial charge on any atom is 0.326 e. The number of methoxy groups -OCH3 is 1. The summed E-state index contributed by atoms with van der Waals surface area (Å²) < 4.78 is 11.2. The molecule has 1 heterocycles. The van der Waals surface area contributed by atoms with Crippen molar-refractivity contribution in [1.29, 1.82) is 0 Å². The molecule has 2 N–H and O–H groups in total. The number of halogens is 1. The molecule has 1 aliphatic heterocycles. The number of hydrogen-bond acceptors (Lipinski definition) is 4. The highest BCUT2D eigenvalue weighted by Gasteiger charge is 2.23. The summed E-state index contributed by atoms with van der Waals surface area (Å²) in [6.45, 7) is 0.113. The van der Waals surface area contributed by atoms with Crippen LogP contribution in [0.2, 0.25) is 0 Å². The highest BCUT2D eigenvalue weighted by Crippen LogP contribution is 2.34. The molecule has 0 aromatic heterocycles. The van der Waals surface area contributed by atoms with Crippen LogP contribution in [0.3, 0.4) is 0 Å². The Bertz CT molecular complexity index is 676. The first-order valence-electron chi connectivity index (χ1n) is 5.83. The molecule has 1 aromatic carbocycles. The minimum Gasteiger partial charge on any atom is -0.493 e. The van der Waals surface area contributed by atoms with E-state index in [1.807, 2.05) is 0 Å². The molecule has 0 aliphatic carbocycles. The SMILES string of the molecule is C#CCOc1cc(Br)c(/C=C2/NC(=O)NC2=O)cc1OC. The van der Waals surface area contributed by atoms with E-state index in [-0.39, 0.29) is 12.3 Å². The molecule has 3 amide bonds. The second kappa shape index (κ2) is 6.33. The number of nitrogens with one attached hydrogen (secondary N) is 2. The van der Waals surface area contributed by atoms with E-state index in [9.17, 15) is 9.59 Å². The summed E-state index contributed by atoms with van der Waals surface area (Å²) in [5.41, 5.74) is 0.798. The van der Waals surface area contributed by atoms with Crippen LogP contribution < -0.4 is 20.1 Å². The van der Waals surface area contributed by atoms with Crippen molar-refractivity contribution < 1.29 is 19.1 Å². The number of amides is 3. The predicted molar refractivity (Wildman–Crippen MR) is 79.7 cm³/mol. The Morgan fingerprint density at radius 1 is 1.33 bits per heavy atom. The summed E-state index contributed by atoms with van der Waals surface area (Å²) in [4.78, 5) is 22.6. The molecule has 1 aromatic rings. The Labute approximate surface area is 129 Å². The molecule has 21 heavy (non-hydrogen) atoms. The highest BCUT2D eigenvalue weighted by molar-refractivity contribution is 9.10. The minimum absolute atomic E-state index is 0.113. The lowest BCUT2D eigenvalue weighted by Gasteiger charge is -2.11. The van der Waals surface area contributed by atoms with E-state index in [1.165, 1.54) is 13.2 Å². The molecular formula is C14H11BrN2O4. The first-order chi connectivity index (χ1) is 10.0. The summed E-state index contributed by atoms with van der Waals surface area (Å²) in [7, 11) is 1.49. The van der Waals surface area contributed by atoms with Gasteiger partial charge in [0.25, 0.3) is 5.91 Å². The van der Waals surface area contributed by atoms with Gasteiger partial charge in [-0.2, -0.15) is 0 Å². The largest absolute Gasteiger partial charge is 0.493 e. The molecule has 0 atom stereocenters. The first-order valence-corrected chi connectivity index (χ1v) is 6.62. The van der Waals surface area contributed by atoms with Crippen LogP contribution in [0.25, 0.3) is 6.08 Å². The summed E-state index contributed by atoms with van der Waals surface area (Å²) in [5.74, 6) is 2.82. The third kappa shape index (κ3) is 3.35. The smallest absolute Gasteiger partial charge is 0.326 e. The number of rotatable bonds is 4. The van der Waals surface area contributed by atoms with E-state index in [4.69, 9.17) is 15.9 Å². The Kier molecular flexibility index (Phi) is 4.50. The molecule has 2 rings (SSSR count). The van der Waals surface area contributed by atoms with Crippen molar-refractivity contribution in [2.24, 2.45) is 0 Å². The molecule has 0 unspecified atom stereocenters. The van der Waals surface area contributed by atoms with Crippen LogP contribution in [0.1, 0.15) is 5.56 Å². The van der Waals surface area contributed by atoms with Crippen molar-refractivity contribution in [1.82, 2.24) is 10.6 Å². The summed E-state index contributed by atoms with van der Waals surface area (Å²) >= 11 is 3.37. The lowest BCUT2D eigenvalue weighted by Crippen LogP contribution is -2.22. The fourth-order valence-corrected chi connectivity index (χ4v) is 2.13. The maximum absolute atomic E-state index is 11.5. The number of hydrogen-bond donors (Lipinski definition) is 2. The lowest BCUT2D eigenvalue weighted by atomic mass is 10.1. The molecule has 6 nitrogen and oxygen atoms in total. The summed E-state index contributed by atoms with van der Waals surface area (Å²) in [6, 6.07) is 2.79. The lowest BCUT2D eigenvalue weighted by molar-refractivity contribution is -0.115. The van der Waals surface area contributed by atoms with Crippen molar-refractivity contribution in [2.45, 2.75) is 0 Å². The van der Waals surface area contributed by atoms with Gasteiger partial charge >= 0.3 is 6.03 Å². The number of carbonyl (C=O) groups is 2. The zero-order chi connectivity index (χ0) is 15.4. The van der Waals surface area contributed by atoms with E-state index in [2.05, 4.69) is 32.5 Å². The van der Waals surface area contributed by atoms with Gasteiger partial charge in [-0.3, -0.25) is 10.1 Å². The fourth-order valence-electron chi connectivity index (χ4n) is 1.69. The highest BCUT2D eigenvalue weighted by atomic mass is 79.9. The van der Waals surface area contributed by atoms with Crippen LogP contribution in [0.5, 0.6) is 11.5 Å². The van der Waals surface area contributed by atoms with Gasteiger partial charge in [0.2, 0.25) is 0 Å². The quantitative estimate of drug-likeness (QED) is 0.491. The van der Waals surface area contributed by atoms with Gasteiger partial charge in [-0.05, 0) is 23.8 Å². The molecule has 1 fully saturated rings. The minimum atomic E-state index is -0.552. The van der Waals surface area contributed by atoms with Crippen molar-refractivity contribution in [3.63, 3.8) is 0 Å². The molecule has 7 heteroatoms. The standard InChI is InChI=1S/C14H11BrN2O4/c1-3-4-21-12-7-9(15)8(6-11(12)20-2)5-10-13(18)17-14(19)16-10/h1,5-7H,4H2,2H3,(H2,16,17,18,19)/b10-5+. The van der Waals surface area contributed by atoms with Crippen molar-refractivity contribution >= 4 is 33.9 Å². The van der Waals surface area contributed by atoms with Gasteiger partial charge in [0.15, 0.2) is 11.5 Å². The zero-order valence-corrected chi connectivity index (χ0v) is 12.6. The second-order valence-corrected chi connectivity index (χ2v) is 4.84. The Morgan fingerprint density at radius 3 is 2.67 bits per heavy atom. The van der Waals surface area contributed by atoms with Gasteiger partial charge in [0, 0.05) is 4.47 Å². The zero-order valence-electron chi connectivity index (χ0n) is 11.0. The molecule has 0 radical (unpaired) electrons. The maximum atomic E-state index is 11.5. The number of imide groups is 1. The number of carbonyl (C=O) groups excluding carboxylic acids is 2. The molecular weight excluding hydrogens is 340 g/mol. The first kappa shape index (κ1) is 14.9. The molecule has 0 spiro atoms. The number of urea groups is 1. The number of benzene rings is 1. The van der Waals surface area contributed by atoms with Gasteiger partial charge in [0.1, 0.15) is 12.3 Å². The van der Waals surface area contributed by atoms with Crippen molar-refractivity contribution in [3.8, 4) is 23.8 Å². The number of terminal acetylenes is 1. The Morgan fingerprint density at radius 2 is 2.10 bits per heavy atom. The summed E-state index contributed by atoms with van der Waals surface area (Å²) in [5, 5.41) is 4.53. The second-order valence-electron chi connectivity index (χ2n) is 3.98. The Balaban J connectivity index is 2.37. The van der Waals surface area contributed by atoms with Crippen LogP contribution in [0, 0.1) is 12.3 Å². The van der Waals surface area contributed by atoms with E-state index in [1.54, 1.807) is 12.1 Å². The van der Waals surface area contributed by atoms with Crippen LogP contribution in [-0.2, 0) is 4.79 Å². The molecule has 0 saturated carbocycles. The van der Waals surface area contributed by atoms with Gasteiger partial charge < -0.3 is 14.8 Å². The van der Waals surface area contributed by atoms with Gasteiger partial charge in [-0.1, -0.05) is 21.9 Å². The van der Waals surface area contributed by atoms with Crippen molar-refractivity contribution in [2.75, 3.05) is 13.7 Å². The van der Waals surface area contributed by atoms with Crippen LogP contribution in [-0.4, -0.2) is 25.7 Å². The topological polar surface area (TPSA) is 76.7 Å². The third-order valence-corrected chi connectivity index (χ3v) is 3.30. The normalized spacial score (nSPS) is 15.4. The van der Waals surface area contributed by atoms with E-state index < -0.39 is 11.9 Å². The van der Waals surface area contributed by atoms with Gasteiger partial charge in [-0.25, -0.2) is 4.79 Å². The fraction of sp³-hybridized carbons (Fsp3) is 0.143. The van der Waals surface area contributed by atoms with Crippen LogP contribution in [0.15, 0.2) is 22.3 Å². The molecule has 108 valence electrons. The van der Waals surface area contributed by atoms with E-state index >= 15 is 0 Å². The molecule has 1 saturated heterocycles. The van der Waals surface area contributed by atoms with Crippen LogP contribution >= 0.6 is 15.9 Å². The van der Waals surface area contributed by atoms with Crippen LogP contribution in [0.4, 0.5) is 4.79 Å². The average Bonchev–Trinajstić information content (AvgIpc) is 2.77. The van der Waals surface area contributed by atoms with E-state index in [0.29, 0.717) is 21.5 Å². The molecule has 0 bridgehead atoms. The average molecular weight is 351 g/mol. The third-order valence-electron chi connectivity index (χ3n) is 2.61. The van der Waals surface area contributed by atoms with Gasteiger partial charge in [0.05, 0.1) is 7.11 Å².